The molecule has 0 spiro atoms. The molecule has 18 heavy (non-hydrogen) atoms. The van der Waals surface area contributed by atoms with Crippen molar-refractivity contribution in [3.8, 4) is 0 Å². The zero-order valence-electron chi connectivity index (χ0n) is 9.41. The summed E-state index contributed by atoms with van der Waals surface area (Å²) >= 11 is 9.28. The standard InChI is InChI=1S/C13H11BrClFN2/c14-9-2-4-13(18-7-9)12(17)5-8-1-3-10(16)6-11(8)15/h1-4,6-7,12H,5,17H2. The van der Waals surface area contributed by atoms with E-state index < -0.39 is 0 Å². The van der Waals surface area contributed by atoms with Gasteiger partial charge in [-0.2, -0.15) is 0 Å². The van der Waals surface area contributed by atoms with E-state index in [4.69, 9.17) is 17.3 Å². The summed E-state index contributed by atoms with van der Waals surface area (Å²) in [5.41, 5.74) is 7.65. The van der Waals surface area contributed by atoms with Crippen LogP contribution in [0.15, 0.2) is 41.0 Å². The minimum absolute atomic E-state index is 0.263. The van der Waals surface area contributed by atoms with E-state index in [1.165, 1.54) is 12.1 Å². The second kappa shape index (κ2) is 5.78. The average Bonchev–Trinajstić information content (AvgIpc) is 2.33. The molecular weight excluding hydrogens is 319 g/mol. The molecule has 2 N–H and O–H groups in total. The Hall–Kier alpha value is -0.970. The van der Waals surface area contributed by atoms with E-state index in [-0.39, 0.29) is 11.9 Å². The van der Waals surface area contributed by atoms with Crippen LogP contribution in [0.1, 0.15) is 17.3 Å². The minimum Gasteiger partial charge on any atom is -0.322 e. The molecule has 2 nitrogen and oxygen atoms in total. The summed E-state index contributed by atoms with van der Waals surface area (Å²) in [6, 6.07) is 7.79. The molecule has 1 heterocycles. The second-order valence-corrected chi connectivity index (χ2v) is 5.27. The predicted octanol–water partition coefficient (Wildman–Crippen LogP) is 3.88. The number of nitrogens with two attached hydrogens (primary N) is 1. The van der Waals surface area contributed by atoms with Gasteiger partial charge in [0.1, 0.15) is 5.82 Å². The highest BCUT2D eigenvalue weighted by Gasteiger charge is 2.11. The highest BCUT2D eigenvalue weighted by Crippen LogP contribution is 2.22. The Kier molecular flexibility index (Phi) is 4.32. The maximum Gasteiger partial charge on any atom is 0.124 e. The van der Waals surface area contributed by atoms with Crippen molar-refractivity contribution in [3.05, 3.63) is 63.1 Å². The van der Waals surface area contributed by atoms with Gasteiger partial charge in [0.25, 0.3) is 0 Å². The predicted molar refractivity (Wildman–Crippen MR) is 74.0 cm³/mol. The Morgan fingerprint density at radius 2 is 2.11 bits per heavy atom. The van der Waals surface area contributed by atoms with Crippen LogP contribution in [0, 0.1) is 5.82 Å². The van der Waals surface area contributed by atoms with Crippen molar-refractivity contribution in [2.24, 2.45) is 5.73 Å². The molecule has 0 aliphatic carbocycles. The summed E-state index contributed by atoms with van der Waals surface area (Å²) in [6.45, 7) is 0. The lowest BCUT2D eigenvalue weighted by molar-refractivity contribution is 0.625. The summed E-state index contributed by atoms with van der Waals surface area (Å²) in [5, 5.41) is 0.391. The Balaban J connectivity index is 2.15. The number of rotatable bonds is 3. The molecule has 1 aromatic carbocycles. The smallest absolute Gasteiger partial charge is 0.124 e. The maximum absolute atomic E-state index is 12.9. The van der Waals surface area contributed by atoms with E-state index in [0.717, 1.165) is 15.7 Å². The zero-order valence-corrected chi connectivity index (χ0v) is 11.7. The van der Waals surface area contributed by atoms with Crippen molar-refractivity contribution in [2.45, 2.75) is 12.5 Å². The fourth-order valence-corrected chi connectivity index (χ4v) is 2.11. The van der Waals surface area contributed by atoms with E-state index in [1.54, 1.807) is 12.3 Å². The number of hydrogen-bond acceptors (Lipinski definition) is 2. The average molecular weight is 330 g/mol. The summed E-state index contributed by atoms with van der Waals surface area (Å²) < 4.78 is 13.8. The van der Waals surface area contributed by atoms with Crippen molar-refractivity contribution in [1.29, 1.82) is 0 Å². The van der Waals surface area contributed by atoms with Crippen LogP contribution >= 0.6 is 27.5 Å². The van der Waals surface area contributed by atoms with Crippen LogP contribution in [-0.4, -0.2) is 4.98 Å². The summed E-state index contributed by atoms with van der Waals surface area (Å²) in [4.78, 5) is 4.23. The van der Waals surface area contributed by atoms with Crippen LogP contribution in [-0.2, 0) is 6.42 Å². The molecule has 1 atom stereocenters. The summed E-state index contributed by atoms with van der Waals surface area (Å²) in [6.07, 6.45) is 2.22. The van der Waals surface area contributed by atoms with Crippen molar-refractivity contribution >= 4 is 27.5 Å². The Labute approximate surface area is 118 Å². The van der Waals surface area contributed by atoms with E-state index >= 15 is 0 Å². The monoisotopic (exact) mass is 328 g/mol. The lowest BCUT2D eigenvalue weighted by Crippen LogP contribution is -2.15. The van der Waals surface area contributed by atoms with Crippen LogP contribution in [0.25, 0.3) is 0 Å². The van der Waals surface area contributed by atoms with Gasteiger partial charge in [-0.15, -0.1) is 0 Å². The van der Waals surface area contributed by atoms with Gasteiger partial charge >= 0.3 is 0 Å². The first-order valence-corrected chi connectivity index (χ1v) is 6.54. The molecular formula is C13H11BrClFN2. The van der Waals surface area contributed by atoms with E-state index in [0.29, 0.717) is 11.4 Å². The Morgan fingerprint density at radius 1 is 1.33 bits per heavy atom. The first kappa shape index (κ1) is 13.5. The van der Waals surface area contributed by atoms with Gasteiger partial charge in [0, 0.05) is 15.7 Å². The van der Waals surface area contributed by atoms with E-state index in [9.17, 15) is 4.39 Å². The lowest BCUT2D eigenvalue weighted by Gasteiger charge is -2.12. The van der Waals surface area contributed by atoms with Gasteiger partial charge in [-0.3, -0.25) is 4.98 Å². The van der Waals surface area contributed by atoms with Gasteiger partial charge < -0.3 is 5.73 Å². The third-order valence-electron chi connectivity index (χ3n) is 2.59. The van der Waals surface area contributed by atoms with Crippen molar-refractivity contribution in [3.63, 3.8) is 0 Å². The molecule has 2 rings (SSSR count). The van der Waals surface area contributed by atoms with Crippen molar-refractivity contribution in [2.75, 3.05) is 0 Å². The minimum atomic E-state index is -0.348. The number of hydrogen-bond donors (Lipinski definition) is 1. The first-order valence-electron chi connectivity index (χ1n) is 5.37. The Morgan fingerprint density at radius 3 is 2.72 bits per heavy atom. The SMILES string of the molecule is NC(Cc1ccc(F)cc1Cl)c1ccc(Br)cn1. The maximum atomic E-state index is 12.9. The molecule has 0 aliphatic heterocycles. The van der Waals surface area contributed by atoms with Crippen molar-refractivity contribution in [1.82, 2.24) is 4.98 Å². The largest absolute Gasteiger partial charge is 0.322 e. The van der Waals surface area contributed by atoms with Gasteiger partial charge in [-0.05, 0) is 52.2 Å². The quantitative estimate of drug-likeness (QED) is 0.928. The number of halogens is 3. The van der Waals surface area contributed by atoms with E-state index in [1.807, 2.05) is 12.1 Å². The fraction of sp³-hybridized carbons (Fsp3) is 0.154. The van der Waals surface area contributed by atoms with Crippen LogP contribution in [0.2, 0.25) is 5.02 Å². The summed E-state index contributed by atoms with van der Waals surface area (Å²) in [7, 11) is 0. The molecule has 5 heteroatoms. The molecule has 0 saturated carbocycles. The fourth-order valence-electron chi connectivity index (χ4n) is 1.64. The van der Waals surface area contributed by atoms with Gasteiger partial charge in [0.05, 0.1) is 11.7 Å². The molecule has 0 saturated heterocycles. The van der Waals surface area contributed by atoms with Gasteiger partial charge in [-0.25, -0.2) is 4.39 Å². The van der Waals surface area contributed by atoms with Crippen LogP contribution < -0.4 is 5.73 Å². The topological polar surface area (TPSA) is 38.9 Å². The molecule has 2 aromatic rings. The molecule has 0 bridgehead atoms. The molecule has 1 aromatic heterocycles. The number of aromatic nitrogens is 1. The number of pyridine rings is 1. The van der Waals surface area contributed by atoms with Crippen molar-refractivity contribution < 1.29 is 4.39 Å². The van der Waals surface area contributed by atoms with Gasteiger partial charge in [0.2, 0.25) is 0 Å². The molecule has 94 valence electrons. The van der Waals surface area contributed by atoms with Gasteiger partial charge in [0.15, 0.2) is 0 Å². The Bertz CT molecular complexity index is 545. The molecule has 0 amide bonds. The third kappa shape index (κ3) is 3.28. The normalized spacial score (nSPS) is 12.4. The van der Waals surface area contributed by atoms with E-state index in [2.05, 4.69) is 20.9 Å². The lowest BCUT2D eigenvalue weighted by atomic mass is 10.0. The van der Waals surface area contributed by atoms with Gasteiger partial charge in [-0.1, -0.05) is 17.7 Å². The highest BCUT2D eigenvalue weighted by atomic mass is 79.9. The number of benzene rings is 1. The highest BCUT2D eigenvalue weighted by molar-refractivity contribution is 9.10. The molecule has 1 unspecified atom stereocenters. The second-order valence-electron chi connectivity index (χ2n) is 3.95. The zero-order chi connectivity index (χ0) is 13.1. The molecule has 0 fully saturated rings. The molecule has 0 aliphatic rings. The van der Waals surface area contributed by atoms with Crippen LogP contribution in [0.3, 0.4) is 0 Å². The first-order chi connectivity index (χ1) is 8.56. The van der Waals surface area contributed by atoms with Crippen LogP contribution in [0.4, 0.5) is 4.39 Å². The molecule has 0 radical (unpaired) electrons. The summed E-state index contributed by atoms with van der Waals surface area (Å²) in [5.74, 6) is -0.348. The number of nitrogens with zero attached hydrogens (tertiary/aromatic N) is 1. The van der Waals surface area contributed by atoms with Crippen LogP contribution in [0.5, 0.6) is 0 Å². The third-order valence-corrected chi connectivity index (χ3v) is 3.41.